The molecule has 3 rings (SSSR count). The van der Waals surface area contributed by atoms with Crippen molar-refractivity contribution in [3.63, 3.8) is 0 Å². The van der Waals surface area contributed by atoms with E-state index in [1.807, 2.05) is 0 Å². The van der Waals surface area contributed by atoms with Crippen LogP contribution in [0.25, 0.3) is 0 Å². The molecule has 1 aromatic rings. The number of rotatable bonds is 7. The first-order valence-electron chi connectivity index (χ1n) is 7.96. The van der Waals surface area contributed by atoms with Gasteiger partial charge in [0.15, 0.2) is 11.5 Å². The van der Waals surface area contributed by atoms with E-state index in [1.54, 1.807) is 18.2 Å². The molecular formula is C16H19N3O6. The van der Waals surface area contributed by atoms with E-state index in [2.05, 4.69) is 10.6 Å². The van der Waals surface area contributed by atoms with Gasteiger partial charge in [0.25, 0.3) is 5.91 Å². The second-order valence-electron chi connectivity index (χ2n) is 5.73. The van der Waals surface area contributed by atoms with Crippen molar-refractivity contribution in [1.29, 1.82) is 0 Å². The van der Waals surface area contributed by atoms with E-state index in [4.69, 9.17) is 14.6 Å². The number of aliphatic hydroxyl groups is 1. The van der Waals surface area contributed by atoms with Crippen LogP contribution in [0.2, 0.25) is 0 Å². The Bertz CT molecular complexity index is 692. The molecule has 3 N–H and O–H groups in total. The van der Waals surface area contributed by atoms with Crippen molar-refractivity contribution in [1.82, 2.24) is 15.5 Å². The number of urea groups is 1. The van der Waals surface area contributed by atoms with Crippen molar-refractivity contribution in [3.8, 4) is 11.5 Å². The summed E-state index contributed by atoms with van der Waals surface area (Å²) in [5.41, 5.74) is 0.745. The van der Waals surface area contributed by atoms with E-state index in [0.717, 1.165) is 10.5 Å². The highest BCUT2D eigenvalue weighted by molar-refractivity contribution is 6.04. The molecule has 1 saturated heterocycles. The number of nitrogens with one attached hydrogen (secondary N) is 2. The second kappa shape index (κ2) is 7.39. The Kier molecular flexibility index (Phi) is 5.03. The number of benzene rings is 1. The van der Waals surface area contributed by atoms with E-state index in [9.17, 15) is 14.4 Å². The zero-order valence-electron chi connectivity index (χ0n) is 13.5. The first kappa shape index (κ1) is 17.0. The zero-order chi connectivity index (χ0) is 17.8. The minimum absolute atomic E-state index is 0.0918. The second-order valence-corrected chi connectivity index (χ2v) is 5.73. The number of ether oxygens (including phenoxy) is 2. The third-order valence-corrected chi connectivity index (χ3v) is 3.98. The lowest BCUT2D eigenvalue weighted by Gasteiger charge is -2.13. The van der Waals surface area contributed by atoms with Crippen LogP contribution in [-0.4, -0.2) is 53.8 Å². The van der Waals surface area contributed by atoms with Gasteiger partial charge in [-0.15, -0.1) is 0 Å². The number of imide groups is 1. The molecule has 2 aliphatic heterocycles. The van der Waals surface area contributed by atoms with Gasteiger partial charge in [0.05, 0.1) is 13.2 Å². The van der Waals surface area contributed by atoms with Crippen molar-refractivity contribution in [2.45, 2.75) is 25.4 Å². The van der Waals surface area contributed by atoms with Crippen molar-refractivity contribution in [3.05, 3.63) is 23.8 Å². The predicted octanol–water partition coefficient (Wildman–Crippen LogP) is -0.276. The first-order valence-corrected chi connectivity index (χ1v) is 7.96. The number of aliphatic hydroxyl groups excluding tert-OH is 1. The molecule has 4 amide bonds. The molecule has 2 aliphatic rings. The number of carbonyl (C=O) groups is 3. The standard InChI is InChI=1S/C16H19N3O6/c20-6-5-17-14(21)4-2-11-15(22)19(16(23)18-11)8-10-1-3-12-13(7-10)25-9-24-12/h1,3,7,11,20H,2,4-6,8-9H2,(H,17,21)(H,18,23)/t11-/m1/s1. The van der Waals surface area contributed by atoms with Crippen LogP contribution >= 0.6 is 0 Å². The average Bonchev–Trinajstić information content (AvgIpc) is 3.17. The molecule has 134 valence electrons. The molecule has 1 aromatic carbocycles. The minimum Gasteiger partial charge on any atom is -0.454 e. The van der Waals surface area contributed by atoms with Crippen molar-refractivity contribution < 1.29 is 29.0 Å². The van der Waals surface area contributed by atoms with Crippen LogP contribution < -0.4 is 20.1 Å². The number of fused-ring (bicyclic) bond motifs is 1. The largest absolute Gasteiger partial charge is 0.454 e. The van der Waals surface area contributed by atoms with Gasteiger partial charge in [-0.3, -0.25) is 14.5 Å². The van der Waals surface area contributed by atoms with Crippen LogP contribution in [0.5, 0.6) is 11.5 Å². The SMILES string of the molecule is O=C(CC[C@H]1NC(=O)N(Cc2ccc3c(c2)OCO3)C1=O)NCCO. The minimum atomic E-state index is -0.721. The monoisotopic (exact) mass is 349 g/mol. The molecule has 1 atom stereocenters. The Morgan fingerprint density at radius 3 is 2.92 bits per heavy atom. The Morgan fingerprint density at radius 2 is 2.12 bits per heavy atom. The molecule has 1 fully saturated rings. The number of amides is 4. The molecule has 9 heteroatoms. The molecule has 0 bridgehead atoms. The van der Waals surface area contributed by atoms with Crippen molar-refractivity contribution >= 4 is 17.8 Å². The summed E-state index contributed by atoms with van der Waals surface area (Å²) in [5.74, 6) is 0.581. The van der Waals surface area contributed by atoms with Crippen LogP contribution in [0.15, 0.2) is 18.2 Å². The van der Waals surface area contributed by atoms with Gasteiger partial charge < -0.3 is 25.2 Å². The Hall–Kier alpha value is -2.81. The summed E-state index contributed by atoms with van der Waals surface area (Å²) in [6.45, 7) is 0.297. The lowest BCUT2D eigenvalue weighted by Crippen LogP contribution is -2.33. The Labute approximate surface area is 143 Å². The van der Waals surface area contributed by atoms with Gasteiger partial charge >= 0.3 is 6.03 Å². The molecule has 0 aliphatic carbocycles. The molecule has 0 spiro atoms. The van der Waals surface area contributed by atoms with Gasteiger partial charge in [0.2, 0.25) is 12.7 Å². The number of carbonyl (C=O) groups excluding carboxylic acids is 3. The van der Waals surface area contributed by atoms with Gasteiger partial charge in [-0.25, -0.2) is 4.79 Å². The predicted molar refractivity (Wildman–Crippen MR) is 84.8 cm³/mol. The topological polar surface area (TPSA) is 117 Å². The maximum atomic E-state index is 12.4. The maximum absolute atomic E-state index is 12.4. The Morgan fingerprint density at radius 1 is 1.32 bits per heavy atom. The zero-order valence-corrected chi connectivity index (χ0v) is 13.5. The molecule has 0 saturated carbocycles. The molecule has 25 heavy (non-hydrogen) atoms. The van der Waals surface area contributed by atoms with Crippen LogP contribution in [0, 0.1) is 0 Å². The highest BCUT2D eigenvalue weighted by Crippen LogP contribution is 2.33. The molecular weight excluding hydrogens is 330 g/mol. The average molecular weight is 349 g/mol. The number of hydrogen-bond acceptors (Lipinski definition) is 6. The van der Waals surface area contributed by atoms with Crippen molar-refractivity contribution in [2.75, 3.05) is 19.9 Å². The summed E-state index contributed by atoms with van der Waals surface area (Å²) in [6.07, 6.45) is 0.300. The highest BCUT2D eigenvalue weighted by Gasteiger charge is 2.37. The van der Waals surface area contributed by atoms with Gasteiger partial charge in [0.1, 0.15) is 6.04 Å². The van der Waals surface area contributed by atoms with E-state index in [1.165, 1.54) is 0 Å². The van der Waals surface area contributed by atoms with E-state index in [-0.39, 0.29) is 51.1 Å². The van der Waals surface area contributed by atoms with Crippen LogP contribution in [-0.2, 0) is 16.1 Å². The van der Waals surface area contributed by atoms with Gasteiger partial charge in [-0.05, 0) is 24.1 Å². The van der Waals surface area contributed by atoms with Gasteiger partial charge in [0, 0.05) is 13.0 Å². The summed E-state index contributed by atoms with van der Waals surface area (Å²) >= 11 is 0. The van der Waals surface area contributed by atoms with Gasteiger partial charge in [-0.1, -0.05) is 6.07 Å². The fourth-order valence-electron chi connectivity index (χ4n) is 2.70. The molecule has 0 aromatic heterocycles. The summed E-state index contributed by atoms with van der Waals surface area (Å²) in [4.78, 5) is 37.1. The van der Waals surface area contributed by atoms with Crippen LogP contribution in [0.1, 0.15) is 18.4 Å². The van der Waals surface area contributed by atoms with Gasteiger partial charge in [-0.2, -0.15) is 0 Å². The number of nitrogens with zero attached hydrogens (tertiary/aromatic N) is 1. The lowest BCUT2D eigenvalue weighted by molar-refractivity contribution is -0.128. The third-order valence-electron chi connectivity index (χ3n) is 3.98. The quantitative estimate of drug-likeness (QED) is 0.583. The Balaban J connectivity index is 1.57. The summed E-state index contributed by atoms with van der Waals surface area (Å²) < 4.78 is 10.5. The summed E-state index contributed by atoms with van der Waals surface area (Å²) in [7, 11) is 0. The highest BCUT2D eigenvalue weighted by atomic mass is 16.7. The summed E-state index contributed by atoms with van der Waals surface area (Å²) in [6, 6.07) is 4.03. The molecule has 2 heterocycles. The van der Waals surface area contributed by atoms with E-state index in [0.29, 0.717) is 11.5 Å². The van der Waals surface area contributed by atoms with E-state index >= 15 is 0 Å². The smallest absolute Gasteiger partial charge is 0.325 e. The third kappa shape index (κ3) is 3.82. The first-order chi connectivity index (χ1) is 12.1. The number of hydrogen-bond donors (Lipinski definition) is 3. The van der Waals surface area contributed by atoms with Crippen LogP contribution in [0.3, 0.4) is 0 Å². The summed E-state index contributed by atoms with van der Waals surface area (Å²) in [5, 5.41) is 13.8. The fourth-order valence-corrected chi connectivity index (χ4v) is 2.70. The molecule has 0 radical (unpaired) electrons. The normalized spacial score (nSPS) is 18.4. The lowest BCUT2D eigenvalue weighted by atomic mass is 10.1. The van der Waals surface area contributed by atoms with Crippen LogP contribution in [0.4, 0.5) is 4.79 Å². The molecule has 9 nitrogen and oxygen atoms in total. The van der Waals surface area contributed by atoms with Crippen molar-refractivity contribution in [2.24, 2.45) is 0 Å². The van der Waals surface area contributed by atoms with E-state index < -0.39 is 12.1 Å². The fraction of sp³-hybridized carbons (Fsp3) is 0.438. The maximum Gasteiger partial charge on any atom is 0.325 e. The molecule has 0 unspecified atom stereocenters.